The highest BCUT2D eigenvalue weighted by molar-refractivity contribution is 6.31. The number of hydrogen-bond acceptors (Lipinski definition) is 4. The summed E-state index contributed by atoms with van der Waals surface area (Å²) in [5, 5.41) is 12.0. The summed E-state index contributed by atoms with van der Waals surface area (Å²) < 4.78 is 0. The van der Waals surface area contributed by atoms with Crippen LogP contribution in [0.15, 0.2) is 42.5 Å². The largest absolute Gasteiger partial charge is 0.323 e. The van der Waals surface area contributed by atoms with Gasteiger partial charge in [0, 0.05) is 5.02 Å². The Balaban J connectivity index is 1.85. The average Bonchev–Trinajstić information content (AvgIpc) is 2.86. The maximum Gasteiger partial charge on any atom is 0.262 e. The minimum atomic E-state index is -1.04. The van der Waals surface area contributed by atoms with E-state index in [1.807, 2.05) is 6.07 Å². The van der Waals surface area contributed by atoms with Gasteiger partial charge in [0.2, 0.25) is 5.91 Å². The van der Waals surface area contributed by atoms with Gasteiger partial charge in [-0.3, -0.25) is 19.3 Å². The molecule has 0 saturated carbocycles. The fourth-order valence-corrected chi connectivity index (χ4v) is 2.80. The maximum atomic E-state index is 12.5. The van der Waals surface area contributed by atoms with Crippen molar-refractivity contribution in [3.63, 3.8) is 0 Å². The van der Waals surface area contributed by atoms with Gasteiger partial charge in [-0.15, -0.1) is 0 Å². The SMILES string of the molecule is CC(C(=O)Nc1cc(Cl)ccc1C#N)N1C(=O)c2ccccc2C1=O. The van der Waals surface area contributed by atoms with Crippen LogP contribution in [0.5, 0.6) is 0 Å². The lowest BCUT2D eigenvalue weighted by Crippen LogP contribution is -2.45. The van der Waals surface area contributed by atoms with E-state index in [4.69, 9.17) is 16.9 Å². The van der Waals surface area contributed by atoms with Gasteiger partial charge in [0.05, 0.1) is 22.4 Å². The number of rotatable bonds is 3. The Bertz CT molecular complexity index is 914. The van der Waals surface area contributed by atoms with E-state index in [1.165, 1.54) is 25.1 Å². The van der Waals surface area contributed by atoms with Crippen molar-refractivity contribution < 1.29 is 14.4 Å². The molecule has 0 aromatic heterocycles. The number of nitriles is 1. The fraction of sp³-hybridized carbons (Fsp3) is 0.111. The molecule has 1 atom stereocenters. The lowest BCUT2D eigenvalue weighted by molar-refractivity contribution is -0.119. The average molecular weight is 354 g/mol. The monoisotopic (exact) mass is 353 g/mol. The van der Waals surface area contributed by atoms with Crippen molar-refractivity contribution in [1.82, 2.24) is 4.90 Å². The molecule has 2 aromatic carbocycles. The number of nitrogens with zero attached hydrogens (tertiary/aromatic N) is 2. The molecule has 0 spiro atoms. The lowest BCUT2D eigenvalue weighted by Gasteiger charge is -2.22. The van der Waals surface area contributed by atoms with E-state index in [0.29, 0.717) is 5.02 Å². The van der Waals surface area contributed by atoms with Crippen LogP contribution in [0.3, 0.4) is 0 Å². The summed E-state index contributed by atoms with van der Waals surface area (Å²) in [6.45, 7) is 1.45. The van der Waals surface area contributed by atoms with Gasteiger partial charge >= 0.3 is 0 Å². The third kappa shape index (κ3) is 2.86. The number of benzene rings is 2. The zero-order valence-electron chi connectivity index (χ0n) is 13.1. The number of imide groups is 1. The highest BCUT2D eigenvalue weighted by atomic mass is 35.5. The van der Waals surface area contributed by atoms with E-state index in [2.05, 4.69) is 5.32 Å². The van der Waals surface area contributed by atoms with Crippen molar-refractivity contribution in [1.29, 1.82) is 5.26 Å². The van der Waals surface area contributed by atoms with E-state index in [1.54, 1.807) is 24.3 Å². The lowest BCUT2D eigenvalue weighted by atomic mass is 10.1. The van der Waals surface area contributed by atoms with Gasteiger partial charge in [-0.25, -0.2) is 0 Å². The number of amides is 3. The van der Waals surface area contributed by atoms with Crippen LogP contribution in [0.25, 0.3) is 0 Å². The van der Waals surface area contributed by atoms with Crippen LogP contribution in [-0.2, 0) is 4.79 Å². The summed E-state index contributed by atoms with van der Waals surface area (Å²) in [6, 6.07) is 11.8. The zero-order chi connectivity index (χ0) is 18.1. The Labute approximate surface area is 148 Å². The zero-order valence-corrected chi connectivity index (χ0v) is 13.9. The Morgan fingerprint density at radius 3 is 2.32 bits per heavy atom. The highest BCUT2D eigenvalue weighted by Crippen LogP contribution is 2.26. The molecular formula is C18H12ClN3O3. The van der Waals surface area contributed by atoms with E-state index in [-0.39, 0.29) is 22.4 Å². The first-order chi connectivity index (χ1) is 11.9. The van der Waals surface area contributed by atoms with Crippen molar-refractivity contribution in [2.45, 2.75) is 13.0 Å². The van der Waals surface area contributed by atoms with Crippen LogP contribution in [0.2, 0.25) is 5.02 Å². The molecule has 3 amide bonds. The molecule has 1 aliphatic rings. The predicted octanol–water partition coefficient (Wildman–Crippen LogP) is 2.83. The molecule has 1 heterocycles. The molecule has 0 bridgehead atoms. The molecule has 0 saturated heterocycles. The van der Waals surface area contributed by atoms with Crippen LogP contribution < -0.4 is 5.32 Å². The maximum absolute atomic E-state index is 12.5. The molecule has 1 N–H and O–H groups in total. The van der Waals surface area contributed by atoms with Crippen LogP contribution in [0.4, 0.5) is 5.69 Å². The standard InChI is InChI=1S/C18H12ClN3O3/c1-10(16(23)21-15-8-12(19)7-6-11(15)9-20)22-17(24)13-4-2-3-5-14(13)18(22)25/h2-8,10H,1H3,(H,21,23). The molecule has 3 rings (SSSR count). The van der Waals surface area contributed by atoms with Gasteiger partial charge in [0.15, 0.2) is 0 Å². The molecule has 124 valence electrons. The Kier molecular flexibility index (Phi) is 4.26. The second-order valence-corrected chi connectivity index (χ2v) is 5.93. The van der Waals surface area contributed by atoms with E-state index in [9.17, 15) is 14.4 Å². The molecule has 1 unspecified atom stereocenters. The molecule has 25 heavy (non-hydrogen) atoms. The summed E-state index contributed by atoms with van der Waals surface area (Å²) in [4.78, 5) is 38.3. The van der Waals surface area contributed by atoms with E-state index < -0.39 is 23.8 Å². The summed E-state index contributed by atoms with van der Waals surface area (Å²) in [6.07, 6.45) is 0. The van der Waals surface area contributed by atoms with E-state index >= 15 is 0 Å². The number of hydrogen-bond donors (Lipinski definition) is 1. The summed E-state index contributed by atoms with van der Waals surface area (Å²) in [7, 11) is 0. The van der Waals surface area contributed by atoms with Crippen LogP contribution >= 0.6 is 11.6 Å². The van der Waals surface area contributed by atoms with Gasteiger partial charge < -0.3 is 5.32 Å². The van der Waals surface area contributed by atoms with E-state index in [0.717, 1.165) is 4.90 Å². The highest BCUT2D eigenvalue weighted by Gasteiger charge is 2.40. The summed E-state index contributed by atoms with van der Waals surface area (Å²) >= 11 is 5.89. The Hall–Kier alpha value is -3.17. The second kappa shape index (κ2) is 6.38. The first-order valence-electron chi connectivity index (χ1n) is 7.41. The van der Waals surface area contributed by atoms with Gasteiger partial charge in [-0.1, -0.05) is 23.7 Å². The molecule has 1 aliphatic heterocycles. The van der Waals surface area contributed by atoms with Crippen molar-refractivity contribution in [3.8, 4) is 6.07 Å². The Morgan fingerprint density at radius 2 is 1.76 bits per heavy atom. The summed E-state index contributed by atoms with van der Waals surface area (Å²) in [5.74, 6) is -1.63. The van der Waals surface area contributed by atoms with Crippen molar-refractivity contribution in [2.75, 3.05) is 5.32 Å². The number of anilines is 1. The topological polar surface area (TPSA) is 90.3 Å². The third-order valence-corrected chi connectivity index (χ3v) is 4.19. The quantitative estimate of drug-likeness (QED) is 0.859. The minimum Gasteiger partial charge on any atom is -0.323 e. The third-order valence-electron chi connectivity index (χ3n) is 3.95. The second-order valence-electron chi connectivity index (χ2n) is 5.49. The first-order valence-corrected chi connectivity index (χ1v) is 7.79. The van der Waals surface area contributed by atoms with Gasteiger partial charge in [0.25, 0.3) is 11.8 Å². The minimum absolute atomic E-state index is 0.225. The fourth-order valence-electron chi connectivity index (χ4n) is 2.63. The van der Waals surface area contributed by atoms with Crippen molar-refractivity contribution >= 4 is 35.0 Å². The van der Waals surface area contributed by atoms with Crippen LogP contribution in [0.1, 0.15) is 33.2 Å². The molecule has 6 nitrogen and oxygen atoms in total. The number of fused-ring (bicyclic) bond motifs is 1. The number of carbonyl (C=O) groups is 3. The number of halogens is 1. The van der Waals surface area contributed by atoms with Crippen LogP contribution in [-0.4, -0.2) is 28.7 Å². The molecule has 7 heteroatoms. The van der Waals surface area contributed by atoms with Crippen molar-refractivity contribution in [2.24, 2.45) is 0 Å². The molecule has 0 fully saturated rings. The number of nitrogens with one attached hydrogen (secondary N) is 1. The molecule has 0 aliphatic carbocycles. The van der Waals surface area contributed by atoms with Crippen LogP contribution in [0, 0.1) is 11.3 Å². The number of carbonyl (C=O) groups excluding carboxylic acids is 3. The molecule has 2 aromatic rings. The van der Waals surface area contributed by atoms with Crippen molar-refractivity contribution in [3.05, 3.63) is 64.2 Å². The smallest absolute Gasteiger partial charge is 0.262 e. The summed E-state index contributed by atoms with van der Waals surface area (Å²) in [5.41, 5.74) is 0.996. The molecule has 0 radical (unpaired) electrons. The predicted molar refractivity (Wildman–Crippen MR) is 91.2 cm³/mol. The Morgan fingerprint density at radius 1 is 1.16 bits per heavy atom. The van der Waals surface area contributed by atoms with Gasteiger partial charge in [-0.05, 0) is 37.3 Å². The normalized spacial score (nSPS) is 14.0. The van der Waals surface area contributed by atoms with Gasteiger partial charge in [0.1, 0.15) is 12.1 Å². The van der Waals surface area contributed by atoms with Gasteiger partial charge in [-0.2, -0.15) is 5.26 Å². The first kappa shape index (κ1) is 16.7. The molecular weight excluding hydrogens is 342 g/mol.